The van der Waals surface area contributed by atoms with E-state index in [1.807, 2.05) is 61.6 Å². The highest BCUT2D eigenvalue weighted by Gasteiger charge is 2.08. The number of rotatable bonds is 5. The first-order chi connectivity index (χ1) is 11.1. The van der Waals surface area contributed by atoms with E-state index in [4.69, 9.17) is 0 Å². The number of aromatic nitrogens is 2. The van der Waals surface area contributed by atoms with Gasteiger partial charge in [0.2, 0.25) is 5.91 Å². The van der Waals surface area contributed by atoms with Crippen molar-refractivity contribution in [3.05, 3.63) is 59.9 Å². The summed E-state index contributed by atoms with van der Waals surface area (Å²) in [5.74, 6) is 0.895. The molecule has 0 saturated carbocycles. The predicted molar refractivity (Wildman–Crippen MR) is 92.4 cm³/mol. The number of aromatic amines is 1. The Hall–Kier alpha value is -2.82. The van der Waals surface area contributed by atoms with Gasteiger partial charge in [0, 0.05) is 43.9 Å². The Morgan fingerprint density at radius 2 is 2.09 bits per heavy atom. The van der Waals surface area contributed by atoms with E-state index in [2.05, 4.69) is 15.3 Å². The summed E-state index contributed by atoms with van der Waals surface area (Å²) in [6.45, 7) is 0.505. The van der Waals surface area contributed by atoms with Crippen LogP contribution >= 0.6 is 0 Å². The van der Waals surface area contributed by atoms with E-state index >= 15 is 0 Å². The van der Waals surface area contributed by atoms with Gasteiger partial charge in [-0.2, -0.15) is 0 Å². The number of carbonyl (C=O) groups excluding carboxylic acids is 1. The van der Waals surface area contributed by atoms with Crippen molar-refractivity contribution in [3.8, 4) is 0 Å². The number of H-pyrrole nitrogens is 1. The molecule has 0 atom stereocenters. The second-order valence-corrected chi connectivity index (χ2v) is 5.73. The third kappa shape index (κ3) is 3.51. The topological polar surface area (TPSA) is 61.0 Å². The van der Waals surface area contributed by atoms with E-state index in [1.54, 1.807) is 6.20 Å². The average Bonchev–Trinajstić information content (AvgIpc) is 2.96. The number of pyridine rings is 1. The van der Waals surface area contributed by atoms with Crippen LogP contribution in [-0.4, -0.2) is 30.0 Å². The number of para-hydroxylation sites is 1. The maximum absolute atomic E-state index is 12.2. The highest BCUT2D eigenvalue weighted by atomic mass is 16.1. The van der Waals surface area contributed by atoms with Crippen LogP contribution in [0.15, 0.2) is 48.8 Å². The highest BCUT2D eigenvalue weighted by Crippen LogP contribution is 2.18. The number of amides is 1. The molecule has 2 N–H and O–H groups in total. The first-order valence-electron chi connectivity index (χ1n) is 7.57. The molecule has 0 fully saturated rings. The Labute approximate surface area is 135 Å². The number of nitrogens with zero attached hydrogens (tertiary/aromatic N) is 2. The summed E-state index contributed by atoms with van der Waals surface area (Å²) < 4.78 is 0. The molecule has 23 heavy (non-hydrogen) atoms. The van der Waals surface area contributed by atoms with Crippen LogP contribution in [0.3, 0.4) is 0 Å². The van der Waals surface area contributed by atoms with Crippen LogP contribution in [0.25, 0.3) is 10.9 Å². The van der Waals surface area contributed by atoms with Crippen molar-refractivity contribution in [2.24, 2.45) is 0 Å². The van der Waals surface area contributed by atoms with E-state index < -0.39 is 0 Å². The van der Waals surface area contributed by atoms with Crippen molar-refractivity contribution in [1.29, 1.82) is 0 Å². The lowest BCUT2D eigenvalue weighted by Crippen LogP contribution is -2.24. The Bertz CT molecular complexity index is 823. The maximum atomic E-state index is 12.2. The van der Waals surface area contributed by atoms with Crippen LogP contribution < -0.4 is 10.2 Å². The molecule has 0 aliphatic carbocycles. The largest absolute Gasteiger partial charge is 0.363 e. The van der Waals surface area contributed by atoms with Gasteiger partial charge in [0.15, 0.2) is 0 Å². The first-order valence-corrected chi connectivity index (χ1v) is 7.57. The summed E-state index contributed by atoms with van der Waals surface area (Å²) in [5, 5.41) is 4.07. The fourth-order valence-electron chi connectivity index (χ4n) is 2.53. The van der Waals surface area contributed by atoms with E-state index in [1.165, 1.54) is 0 Å². The quantitative estimate of drug-likeness (QED) is 0.761. The third-order valence-corrected chi connectivity index (χ3v) is 3.78. The van der Waals surface area contributed by atoms with E-state index in [9.17, 15) is 4.79 Å². The van der Waals surface area contributed by atoms with Gasteiger partial charge in [0.25, 0.3) is 0 Å². The smallest absolute Gasteiger partial charge is 0.224 e. The zero-order valence-corrected chi connectivity index (χ0v) is 13.3. The average molecular weight is 308 g/mol. The molecule has 0 aliphatic heterocycles. The van der Waals surface area contributed by atoms with Crippen LogP contribution in [0.1, 0.15) is 11.1 Å². The Kier molecular flexibility index (Phi) is 4.28. The predicted octanol–water partition coefficient (Wildman–Crippen LogP) is 2.49. The monoisotopic (exact) mass is 308 g/mol. The number of anilines is 1. The standard InChI is InChI=1S/C18H20N4O/c1-22(2)17-9-13(7-8-19-17)11-21-18(23)10-14-12-20-16-6-4-3-5-15(14)16/h3-9,12,20H,10-11H2,1-2H3,(H,21,23). The zero-order chi connectivity index (χ0) is 16.2. The summed E-state index contributed by atoms with van der Waals surface area (Å²) in [5.41, 5.74) is 3.11. The van der Waals surface area contributed by atoms with Gasteiger partial charge in [-0.1, -0.05) is 18.2 Å². The van der Waals surface area contributed by atoms with E-state index in [-0.39, 0.29) is 5.91 Å². The highest BCUT2D eigenvalue weighted by molar-refractivity contribution is 5.88. The minimum atomic E-state index is 0.0120. The number of fused-ring (bicyclic) bond motifs is 1. The molecule has 0 spiro atoms. The Balaban J connectivity index is 1.63. The molecular formula is C18H20N4O. The van der Waals surface area contributed by atoms with E-state index in [0.717, 1.165) is 27.8 Å². The molecule has 2 aromatic heterocycles. The zero-order valence-electron chi connectivity index (χ0n) is 13.3. The van der Waals surface area contributed by atoms with E-state index in [0.29, 0.717) is 13.0 Å². The molecule has 2 heterocycles. The molecule has 5 heteroatoms. The maximum Gasteiger partial charge on any atom is 0.224 e. The van der Waals surface area contributed by atoms with Gasteiger partial charge in [0.1, 0.15) is 5.82 Å². The van der Waals surface area contributed by atoms with Crippen LogP contribution in [0, 0.1) is 0 Å². The van der Waals surface area contributed by atoms with Crippen molar-refractivity contribution in [2.75, 3.05) is 19.0 Å². The minimum absolute atomic E-state index is 0.0120. The molecule has 0 radical (unpaired) electrons. The summed E-state index contributed by atoms with van der Waals surface area (Å²) in [6, 6.07) is 11.9. The fraction of sp³-hybridized carbons (Fsp3) is 0.222. The van der Waals surface area contributed by atoms with Gasteiger partial charge in [-0.15, -0.1) is 0 Å². The van der Waals surface area contributed by atoms with Crippen LogP contribution in [0.5, 0.6) is 0 Å². The Morgan fingerprint density at radius 1 is 1.26 bits per heavy atom. The summed E-state index contributed by atoms with van der Waals surface area (Å²) in [6.07, 6.45) is 4.03. The van der Waals surface area contributed by atoms with Gasteiger partial charge in [0.05, 0.1) is 6.42 Å². The lowest BCUT2D eigenvalue weighted by Gasteiger charge is -2.12. The van der Waals surface area contributed by atoms with Gasteiger partial charge >= 0.3 is 0 Å². The summed E-state index contributed by atoms with van der Waals surface area (Å²) >= 11 is 0. The number of hydrogen-bond acceptors (Lipinski definition) is 3. The van der Waals surface area contributed by atoms with Crippen LogP contribution in [0.2, 0.25) is 0 Å². The van der Waals surface area contributed by atoms with Gasteiger partial charge in [-0.25, -0.2) is 4.98 Å². The number of nitrogens with one attached hydrogen (secondary N) is 2. The van der Waals surface area contributed by atoms with Crippen LogP contribution in [0.4, 0.5) is 5.82 Å². The lowest BCUT2D eigenvalue weighted by molar-refractivity contribution is -0.120. The minimum Gasteiger partial charge on any atom is -0.363 e. The molecular weight excluding hydrogens is 288 g/mol. The fourth-order valence-corrected chi connectivity index (χ4v) is 2.53. The van der Waals surface area contributed by atoms with Crippen molar-refractivity contribution in [3.63, 3.8) is 0 Å². The molecule has 118 valence electrons. The summed E-state index contributed by atoms with van der Waals surface area (Å²) in [4.78, 5) is 21.6. The van der Waals surface area contributed by atoms with Gasteiger partial charge < -0.3 is 15.2 Å². The number of hydrogen-bond donors (Lipinski definition) is 2. The van der Waals surface area contributed by atoms with Crippen molar-refractivity contribution in [1.82, 2.24) is 15.3 Å². The summed E-state index contributed by atoms with van der Waals surface area (Å²) in [7, 11) is 3.89. The molecule has 0 bridgehead atoms. The van der Waals surface area contributed by atoms with Crippen molar-refractivity contribution >= 4 is 22.6 Å². The van der Waals surface area contributed by atoms with Gasteiger partial charge in [-0.05, 0) is 29.3 Å². The normalized spacial score (nSPS) is 10.7. The third-order valence-electron chi connectivity index (χ3n) is 3.78. The molecule has 5 nitrogen and oxygen atoms in total. The van der Waals surface area contributed by atoms with Crippen LogP contribution in [-0.2, 0) is 17.8 Å². The molecule has 3 aromatic rings. The second-order valence-electron chi connectivity index (χ2n) is 5.73. The van der Waals surface area contributed by atoms with Crippen molar-refractivity contribution in [2.45, 2.75) is 13.0 Å². The Morgan fingerprint density at radius 3 is 2.91 bits per heavy atom. The molecule has 0 unspecified atom stereocenters. The first kappa shape index (κ1) is 15.1. The molecule has 0 saturated heterocycles. The van der Waals surface area contributed by atoms with Crippen molar-refractivity contribution < 1.29 is 4.79 Å². The molecule has 0 aliphatic rings. The molecule has 1 amide bonds. The van der Waals surface area contributed by atoms with Gasteiger partial charge in [-0.3, -0.25) is 4.79 Å². The number of carbonyl (C=O) groups is 1. The molecule has 1 aromatic carbocycles. The SMILES string of the molecule is CN(C)c1cc(CNC(=O)Cc2c[nH]c3ccccc23)ccn1. The molecule has 3 rings (SSSR count). The number of benzene rings is 1. The second kappa shape index (κ2) is 6.52. The lowest BCUT2D eigenvalue weighted by atomic mass is 10.1.